The summed E-state index contributed by atoms with van der Waals surface area (Å²) in [6.45, 7) is 0. The topological polar surface area (TPSA) is 63.7 Å². The molecule has 5 nitrogen and oxygen atoms in total. The van der Waals surface area contributed by atoms with Crippen LogP contribution in [0.15, 0.2) is 72.8 Å². The monoisotopic (exact) mass is 391 g/mol. The summed E-state index contributed by atoms with van der Waals surface area (Å²) in [5, 5.41) is 0.577. The second kappa shape index (κ2) is 7.29. The van der Waals surface area contributed by atoms with Gasteiger partial charge in [-0.2, -0.15) is 0 Å². The van der Waals surface area contributed by atoms with Crippen molar-refractivity contribution in [2.24, 2.45) is 0 Å². The van der Waals surface area contributed by atoms with Crippen molar-refractivity contribution in [3.05, 3.63) is 94.5 Å². The van der Waals surface area contributed by atoms with Crippen LogP contribution >= 0.6 is 11.6 Å². The Bertz CT molecular complexity index is 1060. The first-order valence-corrected chi connectivity index (χ1v) is 8.94. The van der Waals surface area contributed by atoms with E-state index in [0.717, 1.165) is 10.5 Å². The summed E-state index contributed by atoms with van der Waals surface area (Å²) in [5.74, 6) is -1.24. The minimum atomic E-state index is -0.508. The van der Waals surface area contributed by atoms with Gasteiger partial charge in [-0.05, 0) is 42.0 Å². The third-order valence-electron chi connectivity index (χ3n) is 4.39. The Hall–Kier alpha value is -3.44. The molecule has 0 N–H and O–H groups in total. The number of fused-ring (bicyclic) bond motifs is 1. The minimum Gasteiger partial charge on any atom is -0.424 e. The number of nitrogens with zero attached hydrogens (tertiary/aromatic N) is 1. The molecule has 0 bridgehead atoms. The maximum atomic E-state index is 12.7. The molecule has 0 fully saturated rings. The summed E-state index contributed by atoms with van der Waals surface area (Å²) >= 11 is 5.85. The molecular weight excluding hydrogens is 378 g/mol. The normalized spacial score (nSPS) is 12.8. The Labute approximate surface area is 166 Å². The van der Waals surface area contributed by atoms with Gasteiger partial charge in [-0.1, -0.05) is 48.0 Å². The zero-order chi connectivity index (χ0) is 19.7. The number of esters is 1. The number of carbonyl (C=O) groups is 3. The van der Waals surface area contributed by atoms with Crippen LogP contribution in [0.1, 0.15) is 26.3 Å². The number of imide groups is 1. The van der Waals surface area contributed by atoms with Gasteiger partial charge in [-0.3, -0.25) is 14.4 Å². The van der Waals surface area contributed by atoms with Gasteiger partial charge >= 0.3 is 5.97 Å². The van der Waals surface area contributed by atoms with E-state index in [0.29, 0.717) is 16.1 Å². The van der Waals surface area contributed by atoms with Gasteiger partial charge in [0.05, 0.1) is 23.2 Å². The fourth-order valence-corrected chi connectivity index (χ4v) is 3.19. The number of para-hydroxylation sites is 2. The summed E-state index contributed by atoms with van der Waals surface area (Å²) in [6, 6.07) is 19.9. The van der Waals surface area contributed by atoms with Crippen molar-refractivity contribution in [1.82, 2.24) is 0 Å². The first kappa shape index (κ1) is 17.9. The van der Waals surface area contributed by atoms with Crippen LogP contribution in [-0.2, 0) is 11.2 Å². The third-order valence-corrected chi connectivity index (χ3v) is 4.64. The first-order chi connectivity index (χ1) is 13.5. The van der Waals surface area contributed by atoms with Gasteiger partial charge in [0.1, 0.15) is 0 Å². The Morgan fingerprint density at radius 2 is 1.39 bits per heavy atom. The van der Waals surface area contributed by atoms with E-state index in [1.54, 1.807) is 72.8 Å². The van der Waals surface area contributed by atoms with Crippen LogP contribution in [0.25, 0.3) is 0 Å². The van der Waals surface area contributed by atoms with E-state index in [2.05, 4.69) is 0 Å². The number of ether oxygens (including phenoxy) is 1. The van der Waals surface area contributed by atoms with Gasteiger partial charge in [0.15, 0.2) is 5.75 Å². The second-order valence-electron chi connectivity index (χ2n) is 6.24. The molecule has 0 saturated carbocycles. The van der Waals surface area contributed by atoms with Crippen LogP contribution in [0.4, 0.5) is 5.69 Å². The number of anilines is 1. The Morgan fingerprint density at radius 3 is 2.04 bits per heavy atom. The van der Waals surface area contributed by atoms with E-state index >= 15 is 0 Å². The molecule has 3 aromatic carbocycles. The maximum absolute atomic E-state index is 12.7. The number of hydrogen-bond donors (Lipinski definition) is 0. The molecule has 1 aliphatic rings. The fraction of sp³-hybridized carbons (Fsp3) is 0.0455. The van der Waals surface area contributed by atoms with Crippen molar-refractivity contribution >= 4 is 35.1 Å². The van der Waals surface area contributed by atoms with E-state index in [1.807, 2.05) is 0 Å². The summed E-state index contributed by atoms with van der Waals surface area (Å²) in [7, 11) is 0. The zero-order valence-corrected chi connectivity index (χ0v) is 15.3. The molecule has 0 radical (unpaired) electrons. The van der Waals surface area contributed by atoms with Gasteiger partial charge < -0.3 is 4.74 Å². The van der Waals surface area contributed by atoms with Crippen molar-refractivity contribution in [3.63, 3.8) is 0 Å². The molecule has 1 aliphatic heterocycles. The standard InChI is InChI=1S/C22H14ClNO4/c23-15-11-9-14(10-12-15)13-20(25)28-19-8-4-3-7-18(19)24-21(26)16-5-1-2-6-17(16)22(24)27/h1-12H,13H2. The largest absolute Gasteiger partial charge is 0.424 e. The number of carbonyl (C=O) groups excluding carboxylic acids is 3. The molecule has 2 amide bonds. The van der Waals surface area contributed by atoms with Gasteiger partial charge in [-0.15, -0.1) is 0 Å². The van der Waals surface area contributed by atoms with Crippen molar-refractivity contribution in [3.8, 4) is 5.75 Å². The van der Waals surface area contributed by atoms with Crippen molar-refractivity contribution in [1.29, 1.82) is 0 Å². The molecule has 4 rings (SSSR count). The molecule has 1 heterocycles. The molecule has 3 aromatic rings. The maximum Gasteiger partial charge on any atom is 0.315 e. The lowest BCUT2D eigenvalue weighted by Gasteiger charge is -2.17. The van der Waals surface area contributed by atoms with Crippen LogP contribution in [0.2, 0.25) is 5.02 Å². The first-order valence-electron chi connectivity index (χ1n) is 8.56. The van der Waals surface area contributed by atoms with Crippen molar-refractivity contribution in [2.75, 3.05) is 4.90 Å². The molecule has 138 valence electrons. The highest BCUT2D eigenvalue weighted by Crippen LogP contribution is 2.34. The Kier molecular flexibility index (Phi) is 4.67. The number of halogens is 1. The molecule has 0 aliphatic carbocycles. The predicted molar refractivity (Wildman–Crippen MR) is 105 cm³/mol. The SMILES string of the molecule is O=C(Cc1ccc(Cl)cc1)Oc1ccccc1N1C(=O)c2ccccc2C1=O. The highest BCUT2D eigenvalue weighted by atomic mass is 35.5. The smallest absolute Gasteiger partial charge is 0.315 e. The third kappa shape index (κ3) is 3.28. The molecule has 28 heavy (non-hydrogen) atoms. The van der Waals surface area contributed by atoms with Crippen LogP contribution < -0.4 is 9.64 Å². The summed E-state index contributed by atoms with van der Waals surface area (Å²) < 4.78 is 5.47. The summed E-state index contributed by atoms with van der Waals surface area (Å²) in [6.07, 6.45) is 0.0353. The highest BCUT2D eigenvalue weighted by Gasteiger charge is 2.37. The number of rotatable bonds is 4. The average Bonchev–Trinajstić information content (AvgIpc) is 2.95. The lowest BCUT2D eigenvalue weighted by molar-refractivity contribution is -0.133. The minimum absolute atomic E-state index is 0.0353. The molecule has 0 saturated heterocycles. The van der Waals surface area contributed by atoms with Crippen LogP contribution in [-0.4, -0.2) is 17.8 Å². The lowest BCUT2D eigenvalue weighted by Crippen LogP contribution is -2.30. The van der Waals surface area contributed by atoms with E-state index in [1.165, 1.54) is 0 Å². The molecular formula is C22H14ClNO4. The van der Waals surface area contributed by atoms with Crippen LogP contribution in [0.5, 0.6) is 5.75 Å². The Balaban J connectivity index is 1.60. The van der Waals surface area contributed by atoms with E-state index in [4.69, 9.17) is 16.3 Å². The van der Waals surface area contributed by atoms with Crippen molar-refractivity contribution in [2.45, 2.75) is 6.42 Å². The van der Waals surface area contributed by atoms with E-state index < -0.39 is 17.8 Å². The van der Waals surface area contributed by atoms with Crippen LogP contribution in [0, 0.1) is 0 Å². The molecule has 6 heteroatoms. The molecule has 0 aromatic heterocycles. The quantitative estimate of drug-likeness (QED) is 0.378. The molecule has 0 spiro atoms. The zero-order valence-electron chi connectivity index (χ0n) is 14.6. The van der Waals surface area contributed by atoms with Crippen LogP contribution in [0.3, 0.4) is 0 Å². The second-order valence-corrected chi connectivity index (χ2v) is 6.67. The van der Waals surface area contributed by atoms with E-state index in [9.17, 15) is 14.4 Å². The predicted octanol–water partition coefficient (Wildman–Crippen LogP) is 4.29. The highest BCUT2D eigenvalue weighted by molar-refractivity contribution is 6.34. The van der Waals surface area contributed by atoms with Gasteiger partial charge in [0.25, 0.3) is 11.8 Å². The fourth-order valence-electron chi connectivity index (χ4n) is 3.06. The number of amides is 2. The van der Waals surface area contributed by atoms with Crippen molar-refractivity contribution < 1.29 is 19.1 Å². The van der Waals surface area contributed by atoms with E-state index in [-0.39, 0.29) is 17.9 Å². The lowest BCUT2D eigenvalue weighted by atomic mass is 10.1. The summed E-state index contributed by atoms with van der Waals surface area (Å²) in [4.78, 5) is 38.9. The number of hydrogen-bond acceptors (Lipinski definition) is 4. The van der Waals surface area contributed by atoms with Gasteiger partial charge in [-0.25, -0.2) is 4.90 Å². The Morgan fingerprint density at radius 1 is 0.821 bits per heavy atom. The summed E-state index contributed by atoms with van der Waals surface area (Å²) in [5.41, 5.74) is 1.63. The average molecular weight is 392 g/mol. The molecule has 0 unspecified atom stereocenters. The number of benzene rings is 3. The molecule has 0 atom stereocenters. The van der Waals surface area contributed by atoms with Gasteiger partial charge in [0.2, 0.25) is 0 Å². The van der Waals surface area contributed by atoms with Gasteiger partial charge in [0, 0.05) is 5.02 Å².